The molecule has 1 fully saturated rings. The quantitative estimate of drug-likeness (QED) is 0.126. The Morgan fingerprint density at radius 2 is 1.71 bits per heavy atom. The number of ketones is 1. The van der Waals surface area contributed by atoms with Crippen LogP contribution in [0.4, 0.5) is 0 Å². The molecule has 7 heteroatoms. The summed E-state index contributed by atoms with van der Waals surface area (Å²) in [6.07, 6.45) is 16.3. The van der Waals surface area contributed by atoms with Crippen molar-refractivity contribution in [2.45, 2.75) is 31.7 Å². The monoisotopic (exact) mass is 554 g/mol. The summed E-state index contributed by atoms with van der Waals surface area (Å²) in [4.78, 5) is 27.6. The summed E-state index contributed by atoms with van der Waals surface area (Å²) < 4.78 is 7.53. The highest BCUT2D eigenvalue weighted by atomic mass is 16.5. The number of likely N-dealkylation sites (tertiary alicyclic amines) is 1. The molecule has 1 aliphatic heterocycles. The van der Waals surface area contributed by atoms with Gasteiger partial charge in [-0.3, -0.25) is 9.59 Å². The molecule has 0 radical (unpaired) electrons. The number of carbonyl (C=O) groups excluding carboxylic acids is 2. The van der Waals surface area contributed by atoms with E-state index in [-0.39, 0.29) is 24.3 Å². The van der Waals surface area contributed by atoms with Crippen molar-refractivity contribution < 1.29 is 14.3 Å². The van der Waals surface area contributed by atoms with Gasteiger partial charge in [0.15, 0.2) is 11.8 Å². The predicted molar refractivity (Wildman–Crippen MR) is 161 cm³/mol. The van der Waals surface area contributed by atoms with Crippen LogP contribution in [-0.2, 0) is 17.9 Å². The minimum absolute atomic E-state index is 0.00603. The molecule has 1 unspecified atom stereocenters. The summed E-state index contributed by atoms with van der Waals surface area (Å²) in [5, 5.41) is 8.54. The van der Waals surface area contributed by atoms with E-state index in [1.807, 2.05) is 83.8 Å². The molecule has 208 valence electrons. The predicted octanol–water partition coefficient (Wildman–Crippen LogP) is 6.15. The average molecular weight is 555 g/mol. The van der Waals surface area contributed by atoms with E-state index < -0.39 is 6.04 Å². The highest BCUT2D eigenvalue weighted by Gasteiger charge is 2.47. The molecule has 6 rings (SSSR count). The van der Waals surface area contributed by atoms with Crippen LogP contribution in [0.25, 0.3) is 6.08 Å². The summed E-state index contributed by atoms with van der Waals surface area (Å²) in [7, 11) is 0. The van der Waals surface area contributed by atoms with Crippen molar-refractivity contribution in [1.82, 2.24) is 19.9 Å². The topological polar surface area (TPSA) is 77.3 Å². The summed E-state index contributed by atoms with van der Waals surface area (Å²) in [5.41, 5.74) is 4.38. The third kappa shape index (κ3) is 6.20. The van der Waals surface area contributed by atoms with Crippen LogP contribution in [0.1, 0.15) is 39.6 Å². The van der Waals surface area contributed by atoms with Crippen LogP contribution in [0.2, 0.25) is 0 Å². The molecular formula is C35H30N4O3. The molecule has 0 N–H and O–H groups in total. The van der Waals surface area contributed by atoms with Crippen molar-refractivity contribution in [1.29, 1.82) is 0 Å². The Morgan fingerprint density at radius 3 is 2.45 bits per heavy atom. The second-order valence-electron chi connectivity index (χ2n) is 10.2. The Balaban J connectivity index is 1.10. The lowest BCUT2D eigenvalue weighted by Crippen LogP contribution is -2.59. The van der Waals surface area contributed by atoms with E-state index in [1.165, 1.54) is 0 Å². The standard InChI is InChI=1S/C35H30N4O3/c40-33(22-16-27-11-7-8-12-27)29-17-19-31(20-18-29)42-25-30-24-39(37-36-30)34-32(21-15-26-9-3-1-4-10-26)38(35(34)41)23-28-13-5-2-6-14-28/h1-7,9-22,24,32,34H,8,23,25H2/b21-15+,22-16+/t32-,34?/m1/s1. The third-order valence-corrected chi connectivity index (χ3v) is 7.30. The number of β-lactam (4-membered cyclic amide) rings is 1. The van der Waals surface area contributed by atoms with Crippen molar-refractivity contribution in [3.05, 3.63) is 156 Å². The van der Waals surface area contributed by atoms with E-state index in [9.17, 15) is 9.59 Å². The molecule has 1 amide bonds. The maximum atomic E-state index is 13.3. The molecule has 2 aliphatic rings. The van der Waals surface area contributed by atoms with E-state index in [0.29, 0.717) is 23.6 Å². The molecule has 7 nitrogen and oxygen atoms in total. The first-order valence-electron chi connectivity index (χ1n) is 13.9. The van der Waals surface area contributed by atoms with E-state index >= 15 is 0 Å². The molecule has 1 aromatic heterocycles. The number of aromatic nitrogens is 3. The molecule has 0 spiro atoms. The van der Waals surface area contributed by atoms with Crippen molar-refractivity contribution in [2.75, 3.05) is 0 Å². The molecule has 0 bridgehead atoms. The average Bonchev–Trinajstić information content (AvgIpc) is 3.73. The van der Waals surface area contributed by atoms with Gasteiger partial charge in [0.25, 0.3) is 5.91 Å². The zero-order valence-corrected chi connectivity index (χ0v) is 23.0. The number of rotatable bonds is 11. The number of nitrogens with zero attached hydrogens (tertiary/aromatic N) is 4. The van der Waals surface area contributed by atoms with Gasteiger partial charge in [-0.25, -0.2) is 4.68 Å². The SMILES string of the molecule is O=C(/C=C/C1=CCC=C1)c1ccc(OCc2cn(C3C(=O)N(Cc4ccccc4)[C@@H]3/C=C/c3ccccc3)nn2)cc1. The third-order valence-electron chi connectivity index (χ3n) is 7.30. The van der Waals surface area contributed by atoms with Crippen LogP contribution in [0.15, 0.2) is 133 Å². The fourth-order valence-electron chi connectivity index (χ4n) is 5.02. The summed E-state index contributed by atoms with van der Waals surface area (Å²) in [6, 6.07) is 26.4. The zero-order chi connectivity index (χ0) is 28.7. The fourth-order valence-corrected chi connectivity index (χ4v) is 5.02. The number of ether oxygens (including phenoxy) is 1. The molecule has 1 aliphatic carbocycles. The summed E-state index contributed by atoms with van der Waals surface area (Å²) in [5.74, 6) is 0.547. The van der Waals surface area contributed by atoms with Gasteiger partial charge in [-0.1, -0.05) is 102 Å². The van der Waals surface area contributed by atoms with Gasteiger partial charge in [-0.2, -0.15) is 0 Å². The molecule has 3 aromatic carbocycles. The Labute approximate surface area is 244 Å². The molecule has 42 heavy (non-hydrogen) atoms. The van der Waals surface area contributed by atoms with Crippen LogP contribution in [0.3, 0.4) is 0 Å². The highest BCUT2D eigenvalue weighted by molar-refractivity contribution is 6.04. The Morgan fingerprint density at radius 1 is 0.952 bits per heavy atom. The van der Waals surface area contributed by atoms with E-state index in [4.69, 9.17) is 4.74 Å². The van der Waals surface area contributed by atoms with Gasteiger partial charge in [0.05, 0.1) is 12.2 Å². The van der Waals surface area contributed by atoms with E-state index in [1.54, 1.807) is 41.2 Å². The van der Waals surface area contributed by atoms with Crippen LogP contribution in [-0.4, -0.2) is 37.6 Å². The van der Waals surface area contributed by atoms with Gasteiger partial charge >= 0.3 is 0 Å². The maximum absolute atomic E-state index is 13.3. The van der Waals surface area contributed by atoms with Crippen molar-refractivity contribution in [2.24, 2.45) is 0 Å². The smallest absolute Gasteiger partial charge is 0.250 e. The number of amides is 1. The summed E-state index contributed by atoms with van der Waals surface area (Å²) >= 11 is 0. The van der Waals surface area contributed by atoms with Gasteiger partial charge < -0.3 is 9.64 Å². The maximum Gasteiger partial charge on any atom is 0.250 e. The van der Waals surface area contributed by atoms with Crippen LogP contribution >= 0.6 is 0 Å². The van der Waals surface area contributed by atoms with Gasteiger partial charge in [0, 0.05) is 12.1 Å². The number of hydrogen-bond acceptors (Lipinski definition) is 5. The first-order chi connectivity index (χ1) is 20.6. The Kier molecular flexibility index (Phi) is 7.99. The second kappa shape index (κ2) is 12.5. The van der Waals surface area contributed by atoms with Crippen LogP contribution in [0.5, 0.6) is 5.75 Å². The van der Waals surface area contributed by atoms with Gasteiger partial charge in [-0.15, -0.1) is 5.10 Å². The largest absolute Gasteiger partial charge is 0.487 e. The minimum Gasteiger partial charge on any atom is -0.487 e. The molecule has 2 atom stereocenters. The zero-order valence-electron chi connectivity index (χ0n) is 23.0. The Hall–Kier alpha value is -5.30. The van der Waals surface area contributed by atoms with Crippen molar-refractivity contribution in [3.63, 3.8) is 0 Å². The fraction of sp³-hybridized carbons (Fsp3) is 0.143. The first kappa shape index (κ1) is 26.9. The van der Waals surface area contributed by atoms with Crippen molar-refractivity contribution >= 4 is 17.8 Å². The highest BCUT2D eigenvalue weighted by Crippen LogP contribution is 2.34. The normalized spacial score (nSPS) is 18.0. The lowest BCUT2D eigenvalue weighted by molar-refractivity contribution is -0.153. The summed E-state index contributed by atoms with van der Waals surface area (Å²) in [6.45, 7) is 0.709. The Bertz CT molecular complexity index is 1670. The molecular weight excluding hydrogens is 524 g/mol. The second-order valence-corrected chi connectivity index (χ2v) is 10.2. The van der Waals surface area contributed by atoms with Crippen LogP contribution < -0.4 is 4.74 Å². The van der Waals surface area contributed by atoms with Gasteiger partial charge in [0.1, 0.15) is 18.1 Å². The van der Waals surface area contributed by atoms with Crippen molar-refractivity contribution in [3.8, 4) is 5.75 Å². The van der Waals surface area contributed by atoms with E-state index in [0.717, 1.165) is 23.1 Å². The molecule has 0 saturated carbocycles. The molecule has 4 aromatic rings. The van der Waals surface area contributed by atoms with Crippen LogP contribution in [0, 0.1) is 0 Å². The lowest BCUT2D eigenvalue weighted by Gasteiger charge is -2.45. The lowest BCUT2D eigenvalue weighted by atomic mass is 9.93. The molecule has 2 heterocycles. The molecule has 1 saturated heterocycles. The van der Waals surface area contributed by atoms with E-state index in [2.05, 4.69) is 28.5 Å². The number of allylic oxidation sites excluding steroid dienone is 6. The van der Waals surface area contributed by atoms with Gasteiger partial charge in [0.2, 0.25) is 0 Å². The number of benzene rings is 3. The first-order valence-corrected chi connectivity index (χ1v) is 13.9. The minimum atomic E-state index is -0.483. The number of hydrogen-bond donors (Lipinski definition) is 0. The van der Waals surface area contributed by atoms with Gasteiger partial charge in [-0.05, 0) is 53.5 Å². The number of carbonyl (C=O) groups is 2.